The van der Waals surface area contributed by atoms with Gasteiger partial charge in [-0.3, -0.25) is 0 Å². The van der Waals surface area contributed by atoms with Gasteiger partial charge in [-0.2, -0.15) is 13.2 Å². The van der Waals surface area contributed by atoms with Gasteiger partial charge in [0.2, 0.25) is 0 Å². The minimum atomic E-state index is -4.37. The van der Waals surface area contributed by atoms with Crippen LogP contribution >= 0.6 is 11.3 Å². The lowest BCUT2D eigenvalue weighted by molar-refractivity contribution is -0.119. The molecule has 0 aliphatic carbocycles. The van der Waals surface area contributed by atoms with Gasteiger partial charge in [0.15, 0.2) is 0 Å². The fraction of sp³-hybridized carbons (Fsp3) is 0.364. The number of aromatic nitrogens is 2. The van der Waals surface area contributed by atoms with Gasteiger partial charge in [-0.1, -0.05) is 0 Å². The van der Waals surface area contributed by atoms with Crippen LogP contribution < -0.4 is 4.90 Å². The Morgan fingerprint density at radius 2 is 2.10 bits per heavy atom. The fourth-order valence-electron chi connectivity index (χ4n) is 1.89. The third kappa shape index (κ3) is 2.67. The van der Waals surface area contributed by atoms with Gasteiger partial charge in [0.05, 0.1) is 5.39 Å². The molecule has 2 heterocycles. The molecule has 2 aromatic heterocycles. The van der Waals surface area contributed by atoms with Crippen LogP contribution in [0, 0.1) is 6.92 Å². The van der Waals surface area contributed by atoms with Crippen molar-refractivity contribution in [2.45, 2.75) is 13.1 Å². The Balaban J connectivity index is 2.57. The summed E-state index contributed by atoms with van der Waals surface area (Å²) in [5.41, 5.74) is 0.377. The maximum Gasteiger partial charge on any atom is 0.405 e. The molecule has 5 nitrogen and oxygen atoms in total. The summed E-state index contributed by atoms with van der Waals surface area (Å²) in [7, 11) is 1.26. The Bertz CT molecular complexity index is 669. The quantitative estimate of drug-likeness (QED) is 0.944. The summed E-state index contributed by atoms with van der Waals surface area (Å²) in [6, 6.07) is 0. The molecule has 0 saturated carbocycles. The van der Waals surface area contributed by atoms with Gasteiger partial charge in [-0.15, -0.1) is 11.3 Å². The monoisotopic (exact) mass is 305 g/mol. The topological polar surface area (TPSA) is 66.3 Å². The molecule has 0 aromatic carbocycles. The molecular formula is C11H10F3N3O2S. The Morgan fingerprint density at radius 1 is 1.45 bits per heavy atom. The minimum Gasteiger partial charge on any atom is -0.477 e. The van der Waals surface area contributed by atoms with Crippen LogP contribution in [0.2, 0.25) is 0 Å². The number of carbonyl (C=O) groups is 1. The predicted molar refractivity (Wildman–Crippen MR) is 68.4 cm³/mol. The maximum absolute atomic E-state index is 12.4. The van der Waals surface area contributed by atoms with Crippen LogP contribution in [0.4, 0.5) is 19.0 Å². The summed E-state index contributed by atoms with van der Waals surface area (Å²) in [4.78, 5) is 20.2. The molecule has 0 fully saturated rings. The van der Waals surface area contributed by atoms with Crippen molar-refractivity contribution >= 4 is 33.3 Å². The van der Waals surface area contributed by atoms with E-state index in [0.717, 1.165) is 22.6 Å². The molecule has 9 heteroatoms. The van der Waals surface area contributed by atoms with E-state index < -0.39 is 18.7 Å². The molecule has 0 amide bonds. The second-order valence-electron chi connectivity index (χ2n) is 4.21. The van der Waals surface area contributed by atoms with Crippen molar-refractivity contribution in [1.82, 2.24) is 9.97 Å². The highest BCUT2D eigenvalue weighted by Gasteiger charge is 2.31. The average Bonchev–Trinajstić information content (AvgIpc) is 2.65. The number of aryl methyl sites for hydroxylation is 1. The van der Waals surface area contributed by atoms with E-state index in [2.05, 4.69) is 9.97 Å². The van der Waals surface area contributed by atoms with Gasteiger partial charge in [-0.25, -0.2) is 14.8 Å². The number of fused-ring (bicyclic) bond motifs is 1. The lowest BCUT2D eigenvalue weighted by atomic mass is 10.2. The van der Waals surface area contributed by atoms with Crippen LogP contribution in [0.3, 0.4) is 0 Å². The summed E-state index contributed by atoms with van der Waals surface area (Å²) in [5, 5.41) is 9.40. The van der Waals surface area contributed by atoms with Crippen LogP contribution in [0.1, 0.15) is 15.2 Å². The fourth-order valence-corrected chi connectivity index (χ4v) is 2.87. The molecular weight excluding hydrogens is 295 g/mol. The van der Waals surface area contributed by atoms with Gasteiger partial charge in [0.25, 0.3) is 0 Å². The first-order valence-electron chi connectivity index (χ1n) is 5.46. The van der Waals surface area contributed by atoms with Crippen molar-refractivity contribution in [1.29, 1.82) is 0 Å². The number of nitrogens with zero attached hydrogens (tertiary/aromatic N) is 3. The molecule has 0 atom stereocenters. The van der Waals surface area contributed by atoms with E-state index in [0.29, 0.717) is 15.8 Å². The third-order valence-corrected chi connectivity index (χ3v) is 3.87. The van der Waals surface area contributed by atoms with E-state index in [4.69, 9.17) is 5.11 Å². The highest BCUT2D eigenvalue weighted by atomic mass is 32.1. The van der Waals surface area contributed by atoms with Crippen molar-refractivity contribution in [3.05, 3.63) is 16.8 Å². The molecule has 0 aliphatic heterocycles. The normalized spacial score (nSPS) is 11.8. The standard InChI is InChI=1S/C11H10F3N3O2S/c1-5-6-8(17(2)3-11(12,13)14)15-4-16-9(6)20-7(5)10(18)19/h4H,3H2,1-2H3,(H,18,19). The van der Waals surface area contributed by atoms with Crippen LogP contribution in [-0.2, 0) is 0 Å². The number of thiophene rings is 1. The summed E-state index contributed by atoms with van der Waals surface area (Å²) < 4.78 is 37.3. The van der Waals surface area contributed by atoms with Crippen molar-refractivity contribution in [2.24, 2.45) is 0 Å². The van der Waals surface area contributed by atoms with Crippen molar-refractivity contribution in [3.63, 3.8) is 0 Å². The Morgan fingerprint density at radius 3 is 2.65 bits per heavy atom. The number of hydrogen-bond acceptors (Lipinski definition) is 5. The number of aromatic carboxylic acids is 1. The number of halogens is 3. The average molecular weight is 305 g/mol. The minimum absolute atomic E-state index is 0.0576. The zero-order valence-corrected chi connectivity index (χ0v) is 11.3. The second-order valence-corrected chi connectivity index (χ2v) is 5.21. The first-order valence-corrected chi connectivity index (χ1v) is 6.27. The second kappa shape index (κ2) is 4.89. The van der Waals surface area contributed by atoms with Gasteiger partial charge in [0.1, 0.15) is 28.4 Å². The highest BCUT2D eigenvalue weighted by molar-refractivity contribution is 7.20. The number of alkyl halides is 3. The van der Waals surface area contributed by atoms with Gasteiger partial charge in [-0.05, 0) is 12.5 Å². The van der Waals surface area contributed by atoms with Crippen LogP contribution in [-0.4, -0.2) is 40.8 Å². The molecule has 0 radical (unpaired) electrons. The van der Waals surface area contributed by atoms with E-state index in [-0.39, 0.29) is 10.7 Å². The molecule has 0 spiro atoms. The summed E-state index contributed by atoms with van der Waals surface area (Å²) in [6.45, 7) is 0.368. The van der Waals surface area contributed by atoms with Crippen molar-refractivity contribution in [2.75, 3.05) is 18.5 Å². The molecule has 2 rings (SSSR count). The number of anilines is 1. The molecule has 0 bridgehead atoms. The summed E-state index contributed by atoms with van der Waals surface area (Å²) in [5.74, 6) is -1.05. The van der Waals surface area contributed by atoms with E-state index in [1.165, 1.54) is 14.0 Å². The molecule has 0 unspecified atom stereocenters. The zero-order chi connectivity index (χ0) is 15.1. The Labute approximate surface area is 115 Å². The SMILES string of the molecule is Cc1c(C(=O)O)sc2ncnc(N(C)CC(F)(F)F)c12. The van der Waals surface area contributed by atoms with E-state index in [1.807, 2.05) is 0 Å². The van der Waals surface area contributed by atoms with E-state index >= 15 is 0 Å². The van der Waals surface area contributed by atoms with Crippen molar-refractivity contribution < 1.29 is 23.1 Å². The van der Waals surface area contributed by atoms with Crippen LogP contribution in [0.25, 0.3) is 10.2 Å². The smallest absolute Gasteiger partial charge is 0.405 e. The molecule has 0 aliphatic rings. The number of hydrogen-bond donors (Lipinski definition) is 1. The molecule has 0 saturated heterocycles. The lowest BCUT2D eigenvalue weighted by Crippen LogP contribution is -2.31. The number of rotatable bonds is 3. The first-order chi connectivity index (χ1) is 9.20. The lowest BCUT2D eigenvalue weighted by Gasteiger charge is -2.20. The third-order valence-electron chi connectivity index (χ3n) is 2.68. The zero-order valence-electron chi connectivity index (χ0n) is 10.5. The predicted octanol–water partition coefficient (Wildman–Crippen LogP) is 2.70. The largest absolute Gasteiger partial charge is 0.477 e. The van der Waals surface area contributed by atoms with E-state index in [1.54, 1.807) is 0 Å². The van der Waals surface area contributed by atoms with Gasteiger partial charge >= 0.3 is 12.1 Å². The van der Waals surface area contributed by atoms with Gasteiger partial charge < -0.3 is 10.0 Å². The molecule has 108 valence electrons. The molecule has 2 aromatic rings. The maximum atomic E-state index is 12.4. The van der Waals surface area contributed by atoms with E-state index in [9.17, 15) is 18.0 Å². The van der Waals surface area contributed by atoms with Crippen LogP contribution in [0.5, 0.6) is 0 Å². The first kappa shape index (κ1) is 14.5. The van der Waals surface area contributed by atoms with Crippen LogP contribution in [0.15, 0.2) is 6.33 Å². The van der Waals surface area contributed by atoms with Gasteiger partial charge in [0, 0.05) is 7.05 Å². The summed E-state index contributed by atoms with van der Waals surface area (Å²) >= 11 is 0.923. The Kier molecular flexibility index (Phi) is 3.55. The number of carboxylic acids is 1. The Hall–Kier alpha value is -1.90. The highest BCUT2D eigenvalue weighted by Crippen LogP contribution is 2.35. The number of carboxylic acid groups (broad SMARTS) is 1. The van der Waals surface area contributed by atoms with Crippen molar-refractivity contribution in [3.8, 4) is 0 Å². The summed E-state index contributed by atoms with van der Waals surface area (Å²) in [6.07, 6.45) is -3.24. The molecule has 1 N–H and O–H groups in total. The molecule has 20 heavy (non-hydrogen) atoms.